The quantitative estimate of drug-likeness (QED) is 0.445. The first-order chi connectivity index (χ1) is 9.56. The molecule has 1 aliphatic rings. The van der Waals surface area contributed by atoms with Crippen LogP contribution >= 0.6 is 0 Å². The van der Waals surface area contributed by atoms with Gasteiger partial charge in [0.15, 0.2) is 23.0 Å². The average Bonchev–Trinajstić information content (AvgIpc) is 2.91. The van der Waals surface area contributed by atoms with Crippen LogP contribution in [-0.2, 0) is 0 Å². The van der Waals surface area contributed by atoms with Gasteiger partial charge in [-0.3, -0.25) is 4.79 Å². The number of carbonyl (C=O) groups excluding carboxylic acids is 1. The summed E-state index contributed by atoms with van der Waals surface area (Å²) in [6.07, 6.45) is 0. The molecule has 0 unspecified atom stereocenters. The van der Waals surface area contributed by atoms with E-state index in [0.29, 0.717) is 17.1 Å². The van der Waals surface area contributed by atoms with E-state index in [1.54, 1.807) is 6.92 Å². The van der Waals surface area contributed by atoms with E-state index in [4.69, 9.17) is 0 Å². The fourth-order valence-corrected chi connectivity index (χ4v) is 2.26. The second-order valence-corrected chi connectivity index (χ2v) is 4.48. The number of aromatic nitrogens is 5. The number of fused-ring (bicyclic) bond motifs is 4. The Kier molecular flexibility index (Phi) is 1.79. The SMILES string of the molecule is Cc1nnc2nc3c(nn12)C(=O)c1cc(O)c(O)cc1-3. The molecule has 0 radical (unpaired) electrons. The molecular weight excluding hydrogens is 262 g/mol. The smallest absolute Gasteiger partial charge is 0.272 e. The Morgan fingerprint density at radius 1 is 1.05 bits per heavy atom. The van der Waals surface area contributed by atoms with E-state index in [1.807, 2.05) is 0 Å². The van der Waals surface area contributed by atoms with Crippen molar-refractivity contribution in [3.05, 3.63) is 29.2 Å². The van der Waals surface area contributed by atoms with Crippen LogP contribution in [0, 0.1) is 6.92 Å². The summed E-state index contributed by atoms with van der Waals surface area (Å²) in [6.45, 7) is 1.70. The number of carbonyl (C=O) groups is 1. The number of phenols is 2. The van der Waals surface area contributed by atoms with Crippen LogP contribution in [0.15, 0.2) is 12.1 Å². The first-order valence-electron chi connectivity index (χ1n) is 5.77. The molecular formula is C12H7N5O3. The monoisotopic (exact) mass is 269 g/mol. The molecule has 8 nitrogen and oxygen atoms in total. The van der Waals surface area contributed by atoms with Gasteiger partial charge in [-0.2, -0.15) is 9.61 Å². The molecule has 0 spiro atoms. The molecule has 2 aromatic heterocycles. The maximum Gasteiger partial charge on any atom is 0.272 e. The van der Waals surface area contributed by atoms with Crippen LogP contribution in [0.5, 0.6) is 11.5 Å². The highest BCUT2D eigenvalue weighted by molar-refractivity contribution is 6.20. The van der Waals surface area contributed by atoms with Crippen molar-refractivity contribution in [2.75, 3.05) is 0 Å². The third kappa shape index (κ3) is 1.17. The summed E-state index contributed by atoms with van der Waals surface area (Å²) < 4.78 is 1.38. The Morgan fingerprint density at radius 3 is 2.50 bits per heavy atom. The zero-order chi connectivity index (χ0) is 14.0. The fourth-order valence-electron chi connectivity index (χ4n) is 2.26. The average molecular weight is 269 g/mol. The van der Waals surface area contributed by atoms with Crippen LogP contribution in [0.2, 0.25) is 0 Å². The number of hydrogen-bond donors (Lipinski definition) is 2. The van der Waals surface area contributed by atoms with Crippen molar-refractivity contribution in [2.45, 2.75) is 6.92 Å². The van der Waals surface area contributed by atoms with Gasteiger partial charge in [-0.1, -0.05) is 0 Å². The second kappa shape index (κ2) is 3.29. The number of nitrogens with zero attached hydrogens (tertiary/aromatic N) is 5. The van der Waals surface area contributed by atoms with E-state index in [0.717, 1.165) is 0 Å². The first kappa shape index (κ1) is 10.9. The molecule has 98 valence electrons. The Hall–Kier alpha value is -3.03. The molecule has 1 aromatic carbocycles. The van der Waals surface area contributed by atoms with E-state index in [2.05, 4.69) is 20.3 Å². The lowest BCUT2D eigenvalue weighted by molar-refractivity contribution is 0.103. The van der Waals surface area contributed by atoms with E-state index in [1.165, 1.54) is 16.6 Å². The van der Waals surface area contributed by atoms with Crippen molar-refractivity contribution >= 4 is 11.6 Å². The maximum absolute atomic E-state index is 12.3. The van der Waals surface area contributed by atoms with E-state index >= 15 is 0 Å². The third-order valence-corrected chi connectivity index (χ3v) is 3.25. The number of phenolic OH excluding ortho intramolecular Hbond substituents is 2. The molecule has 1 aliphatic carbocycles. The van der Waals surface area contributed by atoms with E-state index in [-0.39, 0.29) is 34.3 Å². The lowest BCUT2D eigenvalue weighted by atomic mass is 10.1. The molecule has 2 heterocycles. The van der Waals surface area contributed by atoms with Gasteiger partial charge >= 0.3 is 0 Å². The van der Waals surface area contributed by atoms with Gasteiger partial charge in [0.1, 0.15) is 5.69 Å². The molecule has 2 N–H and O–H groups in total. The highest BCUT2D eigenvalue weighted by atomic mass is 16.3. The summed E-state index contributed by atoms with van der Waals surface area (Å²) >= 11 is 0. The number of aromatic hydroxyl groups is 2. The number of hydrogen-bond acceptors (Lipinski definition) is 7. The van der Waals surface area contributed by atoms with Gasteiger partial charge < -0.3 is 10.2 Å². The van der Waals surface area contributed by atoms with Crippen molar-refractivity contribution in [1.29, 1.82) is 0 Å². The van der Waals surface area contributed by atoms with Crippen LogP contribution in [0.3, 0.4) is 0 Å². The topological polar surface area (TPSA) is 114 Å². The van der Waals surface area contributed by atoms with Gasteiger partial charge in [0.25, 0.3) is 5.78 Å². The van der Waals surface area contributed by atoms with Crippen molar-refractivity contribution in [2.24, 2.45) is 0 Å². The predicted molar refractivity (Wildman–Crippen MR) is 65.5 cm³/mol. The van der Waals surface area contributed by atoms with Crippen LogP contribution < -0.4 is 0 Å². The normalized spacial score (nSPS) is 12.8. The fraction of sp³-hybridized carbons (Fsp3) is 0.0833. The highest BCUT2D eigenvalue weighted by Gasteiger charge is 2.32. The van der Waals surface area contributed by atoms with Crippen LogP contribution in [0.25, 0.3) is 17.0 Å². The van der Waals surface area contributed by atoms with Gasteiger partial charge in [-0.05, 0) is 19.1 Å². The maximum atomic E-state index is 12.3. The Labute approximate surface area is 111 Å². The Bertz CT molecular complexity index is 915. The van der Waals surface area contributed by atoms with Gasteiger partial charge in [0.05, 0.1) is 0 Å². The minimum absolute atomic E-state index is 0.153. The van der Waals surface area contributed by atoms with Crippen molar-refractivity contribution in [3.8, 4) is 22.8 Å². The third-order valence-electron chi connectivity index (χ3n) is 3.25. The molecule has 3 aromatic rings. The molecule has 0 atom stereocenters. The minimum Gasteiger partial charge on any atom is -0.504 e. The number of rotatable bonds is 0. The lowest BCUT2D eigenvalue weighted by Crippen LogP contribution is -2.06. The summed E-state index contributed by atoms with van der Waals surface area (Å²) in [5.74, 6) is -0.233. The van der Waals surface area contributed by atoms with Crippen molar-refractivity contribution in [1.82, 2.24) is 24.8 Å². The van der Waals surface area contributed by atoms with Gasteiger partial charge in [-0.15, -0.1) is 10.2 Å². The van der Waals surface area contributed by atoms with Gasteiger partial charge in [0.2, 0.25) is 5.78 Å². The largest absolute Gasteiger partial charge is 0.504 e. The first-order valence-corrected chi connectivity index (χ1v) is 5.77. The summed E-state index contributed by atoms with van der Waals surface area (Å²) in [5.41, 5.74) is 1.17. The zero-order valence-corrected chi connectivity index (χ0v) is 10.2. The molecule has 0 bridgehead atoms. The molecule has 8 heteroatoms. The summed E-state index contributed by atoms with van der Waals surface area (Å²) in [5, 5.41) is 30.9. The van der Waals surface area contributed by atoms with Gasteiger partial charge in [-0.25, -0.2) is 4.98 Å². The van der Waals surface area contributed by atoms with Gasteiger partial charge in [0, 0.05) is 11.1 Å². The van der Waals surface area contributed by atoms with Crippen molar-refractivity contribution < 1.29 is 15.0 Å². The Morgan fingerprint density at radius 2 is 1.75 bits per heavy atom. The lowest BCUT2D eigenvalue weighted by Gasteiger charge is -2.01. The zero-order valence-electron chi connectivity index (χ0n) is 10.2. The molecule has 20 heavy (non-hydrogen) atoms. The summed E-state index contributed by atoms with van der Waals surface area (Å²) in [4.78, 5) is 16.5. The summed E-state index contributed by atoms with van der Waals surface area (Å²) in [6, 6.07) is 2.51. The van der Waals surface area contributed by atoms with Crippen LogP contribution in [-0.4, -0.2) is 40.8 Å². The number of aryl methyl sites for hydroxylation is 1. The van der Waals surface area contributed by atoms with E-state index in [9.17, 15) is 15.0 Å². The molecule has 0 amide bonds. The van der Waals surface area contributed by atoms with Crippen molar-refractivity contribution in [3.63, 3.8) is 0 Å². The standard InChI is InChI=1S/C12H7N5O3/c1-4-14-15-12-13-9-5-2-7(18)8(19)3-6(5)11(20)10(9)16-17(4)12/h2-3,18-19H,1H3. The molecule has 0 saturated carbocycles. The molecule has 4 rings (SSSR count). The Balaban J connectivity index is 2.10. The highest BCUT2D eigenvalue weighted by Crippen LogP contribution is 2.40. The predicted octanol–water partition coefficient (Wildman–Crippen LogP) is 0.450. The minimum atomic E-state index is -0.354. The second-order valence-electron chi connectivity index (χ2n) is 4.48. The summed E-state index contributed by atoms with van der Waals surface area (Å²) in [7, 11) is 0. The van der Waals surface area contributed by atoms with Crippen LogP contribution in [0.4, 0.5) is 0 Å². The number of ketones is 1. The van der Waals surface area contributed by atoms with Crippen LogP contribution in [0.1, 0.15) is 21.9 Å². The molecule has 0 saturated heterocycles. The number of benzene rings is 1. The van der Waals surface area contributed by atoms with E-state index < -0.39 is 0 Å². The molecule has 0 fully saturated rings. The molecule has 0 aliphatic heterocycles.